The number of halogens is 1. The molecule has 2 aliphatic rings. The van der Waals surface area contributed by atoms with Gasteiger partial charge in [0.25, 0.3) is 11.7 Å². The Kier molecular flexibility index (Phi) is 7.83. The number of amides is 1. The first-order chi connectivity index (χ1) is 16.8. The summed E-state index contributed by atoms with van der Waals surface area (Å²) >= 11 is 0. The van der Waals surface area contributed by atoms with Crippen molar-refractivity contribution in [2.75, 3.05) is 39.4 Å². The van der Waals surface area contributed by atoms with Gasteiger partial charge in [-0.05, 0) is 62.2 Å². The highest BCUT2D eigenvalue weighted by atomic mass is 19.1. The smallest absolute Gasteiger partial charge is 0.295 e. The molecular formula is C27H31FN2O5. The van der Waals surface area contributed by atoms with Gasteiger partial charge >= 0.3 is 0 Å². The third kappa shape index (κ3) is 5.71. The van der Waals surface area contributed by atoms with Crippen molar-refractivity contribution in [3.05, 3.63) is 71.0 Å². The number of Topliss-reactive ketones (excluding diaryl/α,β-unsaturated/α-hetero) is 1. The number of carbonyl (C=O) groups excluding carboxylic acids is 2. The van der Waals surface area contributed by atoms with Crippen molar-refractivity contribution in [2.24, 2.45) is 0 Å². The number of hydrogen-bond acceptors (Lipinski definition) is 6. The zero-order chi connectivity index (χ0) is 24.9. The number of rotatable bonds is 8. The van der Waals surface area contributed by atoms with Crippen LogP contribution in [0.5, 0.6) is 5.75 Å². The molecule has 2 aromatic rings. The molecule has 0 aromatic heterocycles. The molecule has 1 amide bonds. The van der Waals surface area contributed by atoms with Crippen molar-refractivity contribution in [3.8, 4) is 5.75 Å². The highest BCUT2D eigenvalue weighted by Crippen LogP contribution is 2.39. The Hall–Kier alpha value is -3.23. The van der Waals surface area contributed by atoms with E-state index in [0.29, 0.717) is 43.1 Å². The number of nitrogens with zero attached hydrogens (tertiary/aromatic N) is 2. The minimum Gasteiger partial charge on any atom is -0.507 e. The molecule has 0 spiro atoms. The lowest BCUT2D eigenvalue weighted by Crippen LogP contribution is -2.38. The number of likely N-dealkylation sites (tertiary alicyclic amines) is 1. The van der Waals surface area contributed by atoms with Crippen molar-refractivity contribution in [2.45, 2.75) is 32.4 Å². The number of ether oxygens (including phenoxy) is 2. The summed E-state index contributed by atoms with van der Waals surface area (Å²) in [6.07, 6.45) is 0.655. The van der Waals surface area contributed by atoms with Crippen molar-refractivity contribution in [3.63, 3.8) is 0 Å². The summed E-state index contributed by atoms with van der Waals surface area (Å²) in [6, 6.07) is 11.6. The molecule has 2 fully saturated rings. The quantitative estimate of drug-likeness (QED) is 0.351. The Morgan fingerprint density at radius 2 is 1.71 bits per heavy atom. The Labute approximate surface area is 204 Å². The molecule has 35 heavy (non-hydrogen) atoms. The first-order valence-electron chi connectivity index (χ1n) is 12.0. The van der Waals surface area contributed by atoms with Crippen molar-refractivity contribution in [1.82, 2.24) is 9.80 Å². The second-order valence-electron chi connectivity index (χ2n) is 9.04. The van der Waals surface area contributed by atoms with E-state index >= 15 is 0 Å². The highest BCUT2D eigenvalue weighted by Gasteiger charge is 2.45. The summed E-state index contributed by atoms with van der Waals surface area (Å²) in [6.45, 7) is 7.95. The van der Waals surface area contributed by atoms with Crippen LogP contribution in [0.15, 0.2) is 54.1 Å². The fourth-order valence-electron chi connectivity index (χ4n) is 4.51. The number of aliphatic hydroxyl groups excluding tert-OH is 1. The zero-order valence-electron chi connectivity index (χ0n) is 20.1. The molecule has 2 saturated heterocycles. The zero-order valence-corrected chi connectivity index (χ0v) is 20.1. The fourth-order valence-corrected chi connectivity index (χ4v) is 4.51. The van der Waals surface area contributed by atoms with Crippen molar-refractivity contribution >= 4 is 17.4 Å². The van der Waals surface area contributed by atoms with Crippen LogP contribution in [0, 0.1) is 5.82 Å². The number of morpholine rings is 1. The molecule has 1 unspecified atom stereocenters. The lowest BCUT2D eigenvalue weighted by Gasteiger charge is -2.29. The molecule has 2 heterocycles. The molecule has 186 valence electrons. The normalized spacial score (nSPS) is 20.6. The summed E-state index contributed by atoms with van der Waals surface area (Å²) in [5.74, 6) is -1.45. The Morgan fingerprint density at radius 1 is 1.06 bits per heavy atom. The monoisotopic (exact) mass is 482 g/mol. The molecular weight excluding hydrogens is 451 g/mol. The van der Waals surface area contributed by atoms with E-state index < -0.39 is 23.5 Å². The molecule has 7 nitrogen and oxygen atoms in total. The third-order valence-electron chi connectivity index (χ3n) is 6.20. The molecule has 4 rings (SSSR count). The summed E-state index contributed by atoms with van der Waals surface area (Å²) in [7, 11) is 0. The number of benzene rings is 2. The number of ketones is 1. The summed E-state index contributed by atoms with van der Waals surface area (Å²) < 4.78 is 24.7. The van der Waals surface area contributed by atoms with Gasteiger partial charge in [0.2, 0.25) is 0 Å². The van der Waals surface area contributed by atoms with Gasteiger partial charge in [-0.3, -0.25) is 14.5 Å². The highest BCUT2D eigenvalue weighted by molar-refractivity contribution is 6.46. The van der Waals surface area contributed by atoms with Crippen molar-refractivity contribution in [1.29, 1.82) is 0 Å². The maximum atomic E-state index is 13.6. The van der Waals surface area contributed by atoms with Gasteiger partial charge in [-0.1, -0.05) is 12.1 Å². The lowest BCUT2D eigenvalue weighted by molar-refractivity contribution is -0.140. The van der Waals surface area contributed by atoms with Crippen LogP contribution in [-0.4, -0.2) is 72.1 Å². The molecule has 0 saturated carbocycles. The Bertz CT molecular complexity index is 1080. The maximum absolute atomic E-state index is 13.6. The SMILES string of the molecule is CC(C)Oc1ccc(C(O)=C2C(=O)C(=O)N(CCCN3CCOCC3)C2c2ccc(F)cc2)cc1. The van der Waals surface area contributed by atoms with E-state index in [2.05, 4.69) is 4.90 Å². The average Bonchev–Trinajstić information content (AvgIpc) is 3.10. The van der Waals surface area contributed by atoms with Gasteiger partial charge in [-0.15, -0.1) is 0 Å². The van der Waals surface area contributed by atoms with E-state index in [-0.39, 0.29) is 17.4 Å². The second-order valence-corrected chi connectivity index (χ2v) is 9.04. The minimum absolute atomic E-state index is 0.00397. The molecule has 0 radical (unpaired) electrons. The van der Waals surface area contributed by atoms with Gasteiger partial charge in [0.05, 0.1) is 30.9 Å². The molecule has 0 aliphatic carbocycles. The van der Waals surface area contributed by atoms with Crippen LogP contribution >= 0.6 is 0 Å². The molecule has 1 N–H and O–H groups in total. The lowest BCUT2D eigenvalue weighted by atomic mass is 9.95. The maximum Gasteiger partial charge on any atom is 0.295 e. The minimum atomic E-state index is -0.799. The number of aliphatic hydroxyl groups is 1. The van der Waals surface area contributed by atoms with E-state index in [1.807, 2.05) is 13.8 Å². The molecule has 1 atom stereocenters. The Morgan fingerprint density at radius 3 is 2.34 bits per heavy atom. The van der Waals surface area contributed by atoms with E-state index in [1.54, 1.807) is 36.4 Å². The number of hydrogen-bond donors (Lipinski definition) is 1. The van der Waals surface area contributed by atoms with Crippen molar-refractivity contribution < 1.29 is 28.6 Å². The van der Waals surface area contributed by atoms with E-state index in [4.69, 9.17) is 9.47 Å². The van der Waals surface area contributed by atoms with Gasteiger partial charge in [0.1, 0.15) is 17.3 Å². The van der Waals surface area contributed by atoms with Gasteiger partial charge < -0.3 is 19.5 Å². The van der Waals surface area contributed by atoms with Gasteiger partial charge in [0.15, 0.2) is 0 Å². The van der Waals surface area contributed by atoms with Crippen LogP contribution in [-0.2, 0) is 14.3 Å². The second kappa shape index (κ2) is 11.0. The summed E-state index contributed by atoms with van der Waals surface area (Å²) in [4.78, 5) is 29.9. The predicted octanol–water partition coefficient (Wildman–Crippen LogP) is 3.76. The van der Waals surface area contributed by atoms with Crippen LogP contribution in [0.25, 0.3) is 5.76 Å². The van der Waals surface area contributed by atoms with E-state index in [0.717, 1.165) is 19.6 Å². The molecule has 0 bridgehead atoms. The van der Waals surface area contributed by atoms with Gasteiger partial charge in [0, 0.05) is 31.7 Å². The predicted molar refractivity (Wildman–Crippen MR) is 129 cm³/mol. The first kappa shape index (κ1) is 24.9. The standard InChI is InChI=1S/C27H31FN2O5/c1-18(2)35-22-10-6-20(7-11-22)25(31)23-24(19-4-8-21(28)9-5-19)30(27(33)26(23)32)13-3-12-29-14-16-34-17-15-29/h4-11,18,24,31H,3,12-17H2,1-2H3. The van der Waals surface area contributed by atoms with Gasteiger partial charge in [-0.25, -0.2) is 4.39 Å². The largest absolute Gasteiger partial charge is 0.507 e. The van der Waals surface area contributed by atoms with Crippen LogP contribution in [0.4, 0.5) is 4.39 Å². The average molecular weight is 483 g/mol. The van der Waals surface area contributed by atoms with E-state index in [9.17, 15) is 19.1 Å². The van der Waals surface area contributed by atoms with Crippen LogP contribution in [0.1, 0.15) is 37.4 Å². The topological polar surface area (TPSA) is 79.3 Å². The Balaban J connectivity index is 1.64. The molecule has 2 aromatic carbocycles. The third-order valence-corrected chi connectivity index (χ3v) is 6.20. The first-order valence-corrected chi connectivity index (χ1v) is 12.0. The van der Waals surface area contributed by atoms with Gasteiger partial charge in [-0.2, -0.15) is 0 Å². The molecule has 2 aliphatic heterocycles. The van der Waals surface area contributed by atoms with Crippen LogP contribution in [0.2, 0.25) is 0 Å². The number of carbonyl (C=O) groups is 2. The summed E-state index contributed by atoms with van der Waals surface area (Å²) in [5.41, 5.74) is 0.975. The van der Waals surface area contributed by atoms with Crippen LogP contribution in [0.3, 0.4) is 0 Å². The van der Waals surface area contributed by atoms with E-state index in [1.165, 1.54) is 17.0 Å². The molecule has 8 heteroatoms. The summed E-state index contributed by atoms with van der Waals surface area (Å²) in [5, 5.41) is 11.2. The van der Waals surface area contributed by atoms with Crippen LogP contribution < -0.4 is 4.74 Å². The fraction of sp³-hybridized carbons (Fsp3) is 0.407.